The van der Waals surface area contributed by atoms with E-state index in [2.05, 4.69) is 14.9 Å². The lowest BCUT2D eigenvalue weighted by Crippen LogP contribution is -2.12. The number of hydrogen-bond donors (Lipinski definition) is 2. The summed E-state index contributed by atoms with van der Waals surface area (Å²) in [7, 11) is -3.96. The molecule has 0 saturated heterocycles. The molecule has 7 nitrogen and oxygen atoms in total. The minimum atomic E-state index is -3.96. The number of hydrogen-bond acceptors (Lipinski definition) is 7. The number of sulfonamides is 1. The van der Waals surface area contributed by atoms with Gasteiger partial charge in [0.15, 0.2) is 4.34 Å². The predicted octanol–water partition coefficient (Wildman–Crippen LogP) is 1.65. The summed E-state index contributed by atoms with van der Waals surface area (Å²) in [5.41, 5.74) is 0. The Labute approximate surface area is 127 Å². The summed E-state index contributed by atoms with van der Waals surface area (Å²) in [5.74, 6) is -1.89. The molecule has 1 heterocycles. The number of benzene rings is 1. The van der Waals surface area contributed by atoms with Gasteiger partial charge in [0, 0.05) is 0 Å². The topological polar surface area (TPSA) is 109 Å². The monoisotopic (exact) mass is 349 g/mol. The summed E-state index contributed by atoms with van der Waals surface area (Å²) < 4.78 is 39.5. The van der Waals surface area contributed by atoms with Crippen LogP contribution >= 0.6 is 23.1 Å². The second-order valence-corrected chi connectivity index (χ2v) is 7.50. The number of carboxylic acids is 1. The van der Waals surface area contributed by atoms with Crippen LogP contribution < -0.4 is 4.72 Å². The molecule has 2 N–H and O–H groups in total. The van der Waals surface area contributed by atoms with Crippen molar-refractivity contribution in [2.45, 2.75) is 9.24 Å². The van der Waals surface area contributed by atoms with Gasteiger partial charge in [0.1, 0.15) is 5.82 Å². The van der Waals surface area contributed by atoms with E-state index in [0.717, 1.165) is 35.2 Å². The number of aromatic nitrogens is 2. The van der Waals surface area contributed by atoms with Crippen LogP contribution in [0.15, 0.2) is 33.5 Å². The molecule has 0 aliphatic carbocycles. The highest BCUT2D eigenvalue weighted by Gasteiger charge is 2.17. The smallest absolute Gasteiger partial charge is 0.313 e. The first-order valence-corrected chi connectivity index (χ1v) is 8.62. The molecule has 0 unspecified atom stereocenters. The maximum absolute atomic E-state index is 13.0. The van der Waals surface area contributed by atoms with Gasteiger partial charge in [0.05, 0.1) is 10.6 Å². The zero-order valence-corrected chi connectivity index (χ0v) is 12.6. The zero-order chi connectivity index (χ0) is 15.5. The van der Waals surface area contributed by atoms with Crippen molar-refractivity contribution in [3.8, 4) is 0 Å². The number of nitrogens with zero attached hydrogens (tertiary/aromatic N) is 2. The van der Waals surface area contributed by atoms with Crippen molar-refractivity contribution in [2.75, 3.05) is 10.5 Å². The van der Waals surface area contributed by atoms with E-state index in [9.17, 15) is 17.6 Å². The van der Waals surface area contributed by atoms with E-state index in [4.69, 9.17) is 5.11 Å². The number of anilines is 1. The van der Waals surface area contributed by atoms with E-state index in [1.807, 2.05) is 0 Å². The Morgan fingerprint density at radius 3 is 2.86 bits per heavy atom. The number of rotatable bonds is 6. The van der Waals surface area contributed by atoms with Gasteiger partial charge < -0.3 is 5.11 Å². The molecule has 11 heteroatoms. The Balaban J connectivity index is 2.12. The van der Waals surface area contributed by atoms with Crippen LogP contribution in [0.25, 0.3) is 0 Å². The highest BCUT2D eigenvalue weighted by molar-refractivity contribution is 8.01. The van der Waals surface area contributed by atoms with Crippen LogP contribution in [-0.2, 0) is 14.8 Å². The van der Waals surface area contributed by atoms with Crippen molar-refractivity contribution in [2.24, 2.45) is 0 Å². The molecule has 0 saturated carbocycles. The fraction of sp³-hybridized carbons (Fsp3) is 0.100. The second kappa shape index (κ2) is 6.37. The fourth-order valence-electron chi connectivity index (χ4n) is 1.24. The van der Waals surface area contributed by atoms with Crippen LogP contribution in [0.3, 0.4) is 0 Å². The highest BCUT2D eigenvalue weighted by Crippen LogP contribution is 2.27. The van der Waals surface area contributed by atoms with Gasteiger partial charge in [0.2, 0.25) is 5.13 Å². The third kappa shape index (κ3) is 4.37. The average Bonchev–Trinajstić information content (AvgIpc) is 2.83. The number of halogens is 1. The van der Waals surface area contributed by atoms with Gasteiger partial charge in [0.25, 0.3) is 10.0 Å². The molecule has 1 aromatic heterocycles. The van der Waals surface area contributed by atoms with E-state index >= 15 is 0 Å². The Morgan fingerprint density at radius 2 is 2.19 bits per heavy atom. The summed E-state index contributed by atoms with van der Waals surface area (Å²) in [5, 5.41) is 15.8. The van der Waals surface area contributed by atoms with Crippen molar-refractivity contribution in [1.82, 2.24) is 10.2 Å². The Morgan fingerprint density at radius 1 is 1.43 bits per heavy atom. The zero-order valence-electron chi connectivity index (χ0n) is 10.2. The Bertz CT molecular complexity index is 762. The molecule has 21 heavy (non-hydrogen) atoms. The number of nitrogens with one attached hydrogen (secondary N) is 1. The molecule has 2 aromatic rings. The van der Waals surface area contributed by atoms with Crippen LogP contribution in [0.4, 0.5) is 9.52 Å². The van der Waals surface area contributed by atoms with Crippen molar-refractivity contribution < 1.29 is 22.7 Å². The lowest BCUT2D eigenvalue weighted by Gasteiger charge is -2.04. The van der Waals surface area contributed by atoms with Gasteiger partial charge in [-0.25, -0.2) is 12.8 Å². The SMILES string of the molecule is O=C(O)CSc1nnc(NS(=O)(=O)c2cccc(F)c2)s1. The van der Waals surface area contributed by atoms with E-state index in [0.29, 0.717) is 4.34 Å². The van der Waals surface area contributed by atoms with Crippen LogP contribution in [0.5, 0.6) is 0 Å². The fourth-order valence-corrected chi connectivity index (χ4v) is 3.97. The van der Waals surface area contributed by atoms with E-state index in [-0.39, 0.29) is 15.8 Å². The summed E-state index contributed by atoms with van der Waals surface area (Å²) in [6.07, 6.45) is 0. The van der Waals surface area contributed by atoms with Crippen molar-refractivity contribution >= 4 is 44.2 Å². The van der Waals surface area contributed by atoms with Gasteiger partial charge in [-0.3, -0.25) is 9.52 Å². The molecule has 0 bridgehead atoms. The normalized spacial score (nSPS) is 11.3. The number of aliphatic carboxylic acids is 1. The van der Waals surface area contributed by atoms with E-state index in [1.54, 1.807) is 0 Å². The highest BCUT2D eigenvalue weighted by atomic mass is 32.2. The lowest BCUT2D eigenvalue weighted by atomic mass is 10.4. The minimum absolute atomic E-state index is 0.0212. The molecule has 0 atom stereocenters. The van der Waals surface area contributed by atoms with Gasteiger partial charge in [-0.1, -0.05) is 29.2 Å². The van der Waals surface area contributed by atoms with E-state index in [1.165, 1.54) is 12.1 Å². The van der Waals surface area contributed by atoms with Gasteiger partial charge in [-0.15, -0.1) is 10.2 Å². The minimum Gasteiger partial charge on any atom is -0.481 e. The predicted molar refractivity (Wildman–Crippen MR) is 75.5 cm³/mol. The molecular weight excluding hydrogens is 341 g/mol. The van der Waals surface area contributed by atoms with Crippen molar-refractivity contribution in [3.05, 3.63) is 30.1 Å². The molecule has 0 spiro atoms. The molecule has 2 rings (SSSR count). The maximum atomic E-state index is 13.0. The van der Waals surface area contributed by atoms with Crippen LogP contribution in [0.2, 0.25) is 0 Å². The lowest BCUT2D eigenvalue weighted by molar-refractivity contribution is -0.133. The van der Waals surface area contributed by atoms with Gasteiger partial charge >= 0.3 is 5.97 Å². The number of carbonyl (C=O) groups is 1. The summed E-state index contributed by atoms with van der Waals surface area (Å²) in [6, 6.07) is 4.53. The summed E-state index contributed by atoms with van der Waals surface area (Å²) >= 11 is 1.82. The maximum Gasteiger partial charge on any atom is 0.313 e. The Kier molecular flexibility index (Phi) is 4.75. The average molecular weight is 349 g/mol. The molecule has 112 valence electrons. The first-order chi connectivity index (χ1) is 9.87. The summed E-state index contributed by atoms with van der Waals surface area (Å²) in [4.78, 5) is 10.2. The Hall–Kier alpha value is -1.72. The largest absolute Gasteiger partial charge is 0.481 e. The molecule has 0 fully saturated rings. The second-order valence-electron chi connectivity index (χ2n) is 3.62. The molecular formula is C10H8FN3O4S3. The van der Waals surface area contributed by atoms with Crippen LogP contribution in [-0.4, -0.2) is 35.4 Å². The van der Waals surface area contributed by atoms with Gasteiger partial charge in [-0.2, -0.15) is 0 Å². The van der Waals surface area contributed by atoms with Gasteiger partial charge in [-0.05, 0) is 18.2 Å². The quantitative estimate of drug-likeness (QED) is 0.763. The van der Waals surface area contributed by atoms with E-state index < -0.39 is 21.8 Å². The molecule has 1 aromatic carbocycles. The first kappa shape index (κ1) is 15.7. The van der Waals surface area contributed by atoms with Crippen molar-refractivity contribution in [1.29, 1.82) is 0 Å². The third-order valence-corrected chi connectivity index (χ3v) is 5.48. The van der Waals surface area contributed by atoms with Crippen LogP contribution in [0, 0.1) is 5.82 Å². The van der Waals surface area contributed by atoms with Crippen molar-refractivity contribution in [3.63, 3.8) is 0 Å². The third-order valence-electron chi connectivity index (χ3n) is 2.05. The van der Waals surface area contributed by atoms with Crippen LogP contribution in [0.1, 0.15) is 0 Å². The molecule has 0 aliphatic rings. The number of thioether (sulfide) groups is 1. The molecule has 0 aliphatic heterocycles. The first-order valence-electron chi connectivity index (χ1n) is 5.33. The summed E-state index contributed by atoms with van der Waals surface area (Å²) in [6.45, 7) is 0. The standard InChI is InChI=1S/C10H8FN3O4S3/c11-6-2-1-3-7(4-6)21(17,18)14-9-12-13-10(20-9)19-5-8(15)16/h1-4H,5H2,(H,12,14)(H,15,16). The molecule has 0 amide bonds. The molecule has 0 radical (unpaired) electrons. The number of carboxylic acid groups (broad SMARTS) is 1.